The van der Waals surface area contributed by atoms with Gasteiger partial charge < -0.3 is 9.84 Å². The van der Waals surface area contributed by atoms with Crippen molar-refractivity contribution in [2.75, 3.05) is 4.72 Å². The van der Waals surface area contributed by atoms with Crippen molar-refractivity contribution in [3.8, 4) is 11.8 Å². The van der Waals surface area contributed by atoms with E-state index in [1.165, 1.54) is 43.5 Å². The Balaban J connectivity index is 1.48. The molecule has 3 fully saturated rings. The number of nitrogens with one attached hydrogen (secondary N) is 1. The fourth-order valence-corrected chi connectivity index (χ4v) is 6.49. The van der Waals surface area contributed by atoms with E-state index < -0.39 is 16.0 Å². The third-order valence-corrected chi connectivity index (χ3v) is 8.76. The lowest BCUT2D eigenvalue weighted by Crippen LogP contribution is -2.48. The van der Waals surface area contributed by atoms with Crippen LogP contribution in [0.4, 0.5) is 5.69 Å². The average molecular weight is 487 g/mol. The van der Waals surface area contributed by atoms with Gasteiger partial charge in [-0.2, -0.15) is 5.26 Å². The van der Waals surface area contributed by atoms with Crippen molar-refractivity contribution in [2.45, 2.75) is 61.9 Å². The van der Waals surface area contributed by atoms with E-state index in [4.69, 9.17) is 16.3 Å². The van der Waals surface area contributed by atoms with E-state index >= 15 is 0 Å². The molecule has 33 heavy (non-hydrogen) atoms. The predicted molar refractivity (Wildman–Crippen MR) is 122 cm³/mol. The van der Waals surface area contributed by atoms with Crippen molar-refractivity contribution < 1.29 is 23.1 Å². The summed E-state index contributed by atoms with van der Waals surface area (Å²) in [7, 11) is -4.15. The maximum Gasteiger partial charge on any atom is 0.335 e. The maximum atomic E-state index is 13.4. The summed E-state index contributed by atoms with van der Waals surface area (Å²) in [4.78, 5) is 11.4. The third-order valence-electron chi connectivity index (χ3n) is 7.03. The van der Waals surface area contributed by atoms with E-state index in [2.05, 4.69) is 4.72 Å². The largest absolute Gasteiger partial charge is 0.488 e. The first kappa shape index (κ1) is 22.1. The highest BCUT2D eigenvalue weighted by Crippen LogP contribution is 2.57. The highest BCUT2D eigenvalue weighted by molar-refractivity contribution is 7.92. The molecule has 2 N–H and O–H groups in total. The van der Waals surface area contributed by atoms with Crippen LogP contribution < -0.4 is 9.46 Å². The van der Waals surface area contributed by atoms with Gasteiger partial charge in [0.25, 0.3) is 10.0 Å². The third kappa shape index (κ3) is 4.16. The number of halogens is 1. The number of carbonyl (C=O) groups is 1. The lowest BCUT2D eigenvalue weighted by Gasteiger charge is -2.53. The fourth-order valence-electron chi connectivity index (χ4n) is 4.90. The molecule has 0 saturated heterocycles. The number of carboxylic acid groups (broad SMARTS) is 1. The molecule has 9 heteroatoms. The Morgan fingerprint density at radius 3 is 2.52 bits per heavy atom. The fraction of sp³-hybridized carbons (Fsp3) is 0.417. The molecule has 0 heterocycles. The zero-order chi connectivity index (χ0) is 23.4. The van der Waals surface area contributed by atoms with Crippen LogP contribution in [0, 0.1) is 16.7 Å². The summed E-state index contributed by atoms with van der Waals surface area (Å²) in [5, 5.41) is 18.9. The smallest absolute Gasteiger partial charge is 0.335 e. The molecule has 5 rings (SSSR count). The lowest BCUT2D eigenvalue weighted by molar-refractivity contribution is -0.0678. The Morgan fingerprint density at radius 2 is 1.94 bits per heavy atom. The van der Waals surface area contributed by atoms with Crippen LogP contribution in [0.2, 0.25) is 5.02 Å². The number of rotatable bonds is 7. The van der Waals surface area contributed by atoms with Gasteiger partial charge in [-0.3, -0.25) is 4.72 Å². The molecule has 3 aliphatic rings. The first-order valence-electron chi connectivity index (χ1n) is 11.0. The van der Waals surface area contributed by atoms with Gasteiger partial charge in [0.15, 0.2) is 0 Å². The summed E-state index contributed by atoms with van der Waals surface area (Å²) in [6.45, 7) is 0. The molecule has 0 amide bonds. The van der Waals surface area contributed by atoms with Gasteiger partial charge in [0.05, 0.1) is 32.8 Å². The molecular formula is C24H23ClN2O5S. The summed E-state index contributed by atoms with van der Waals surface area (Å²) in [6.07, 6.45) is 7.15. The normalized spacial score (nSPS) is 19.3. The van der Waals surface area contributed by atoms with Gasteiger partial charge in [-0.25, -0.2) is 13.2 Å². The van der Waals surface area contributed by atoms with Crippen LogP contribution in [0.3, 0.4) is 0 Å². The quantitative estimate of drug-likeness (QED) is 0.548. The molecule has 7 nitrogen and oxygen atoms in total. The average Bonchev–Trinajstić information content (AvgIpc) is 3.55. The van der Waals surface area contributed by atoms with Gasteiger partial charge in [-0.1, -0.05) is 24.1 Å². The standard InChI is InChI=1S/C24H23ClN2O5S/c25-19-10-21(32-17-11-24(12-17)6-1-7-24)20(8-16(19)13-26)27-33(30,31)22-9-15(23(28)29)4-5-18(22)14-2-3-14/h4-5,8-10,14,17,27H,1-3,6-7,11-12H2,(H,28,29). The summed E-state index contributed by atoms with van der Waals surface area (Å²) in [5.41, 5.74) is 1.10. The van der Waals surface area contributed by atoms with Crippen LogP contribution in [-0.2, 0) is 10.0 Å². The summed E-state index contributed by atoms with van der Waals surface area (Å²) in [6, 6.07) is 8.98. The molecule has 0 aliphatic heterocycles. The molecule has 0 unspecified atom stereocenters. The maximum absolute atomic E-state index is 13.4. The number of sulfonamides is 1. The number of carboxylic acids is 1. The van der Waals surface area contributed by atoms with Crippen LogP contribution in [0.25, 0.3) is 0 Å². The van der Waals surface area contributed by atoms with Gasteiger partial charge in [0, 0.05) is 6.07 Å². The number of aromatic carboxylic acids is 1. The highest BCUT2D eigenvalue weighted by atomic mass is 35.5. The second-order valence-corrected chi connectivity index (χ2v) is 11.4. The monoisotopic (exact) mass is 486 g/mol. The SMILES string of the molecule is N#Cc1cc(NS(=O)(=O)c2cc(C(=O)O)ccc2C2CC2)c(OC2CC3(CCC3)C2)cc1Cl. The van der Waals surface area contributed by atoms with Gasteiger partial charge in [-0.15, -0.1) is 0 Å². The topological polar surface area (TPSA) is 116 Å². The summed E-state index contributed by atoms with van der Waals surface area (Å²) in [5.74, 6) is -0.848. The molecule has 0 aromatic heterocycles. The molecule has 0 bridgehead atoms. The molecule has 2 aromatic carbocycles. The van der Waals surface area contributed by atoms with Crippen LogP contribution in [0.1, 0.15) is 72.3 Å². The Kier molecular flexibility index (Phi) is 5.30. The summed E-state index contributed by atoms with van der Waals surface area (Å²) < 4.78 is 35.5. The first-order valence-corrected chi connectivity index (χ1v) is 12.9. The Hall–Kier alpha value is -2.76. The van der Waals surface area contributed by atoms with E-state index in [-0.39, 0.29) is 44.5 Å². The van der Waals surface area contributed by atoms with Crippen LogP contribution in [0.5, 0.6) is 5.75 Å². The van der Waals surface area contributed by atoms with Crippen molar-refractivity contribution >= 4 is 33.3 Å². The van der Waals surface area contributed by atoms with Crippen molar-refractivity contribution in [2.24, 2.45) is 5.41 Å². The molecule has 3 saturated carbocycles. The van der Waals surface area contributed by atoms with E-state index in [0.29, 0.717) is 11.0 Å². The Morgan fingerprint density at radius 1 is 1.21 bits per heavy atom. The van der Waals surface area contributed by atoms with Crippen molar-refractivity contribution in [3.05, 3.63) is 52.0 Å². The van der Waals surface area contributed by atoms with Crippen molar-refractivity contribution in [1.82, 2.24) is 0 Å². The zero-order valence-corrected chi connectivity index (χ0v) is 19.4. The zero-order valence-electron chi connectivity index (χ0n) is 17.8. The van der Waals surface area contributed by atoms with E-state index in [1.807, 2.05) is 6.07 Å². The molecule has 0 atom stereocenters. The minimum atomic E-state index is -4.15. The van der Waals surface area contributed by atoms with Crippen molar-refractivity contribution in [3.63, 3.8) is 0 Å². The van der Waals surface area contributed by atoms with E-state index in [1.54, 1.807) is 6.07 Å². The van der Waals surface area contributed by atoms with Crippen molar-refractivity contribution in [1.29, 1.82) is 5.26 Å². The van der Waals surface area contributed by atoms with E-state index in [0.717, 1.165) is 25.7 Å². The Bertz CT molecular complexity index is 1280. The second-order valence-electron chi connectivity index (χ2n) is 9.38. The van der Waals surface area contributed by atoms with Crippen LogP contribution in [0.15, 0.2) is 35.2 Å². The number of benzene rings is 2. The summed E-state index contributed by atoms with van der Waals surface area (Å²) >= 11 is 6.21. The van der Waals surface area contributed by atoms with Gasteiger partial charge in [0.2, 0.25) is 0 Å². The minimum Gasteiger partial charge on any atom is -0.488 e. The molecule has 1 spiro atoms. The molecule has 172 valence electrons. The Labute approximate surface area is 197 Å². The second kappa shape index (κ2) is 7.93. The number of ether oxygens (including phenoxy) is 1. The number of nitrogens with zero attached hydrogens (tertiary/aromatic N) is 1. The highest BCUT2D eigenvalue weighted by Gasteiger charge is 2.49. The van der Waals surface area contributed by atoms with Gasteiger partial charge >= 0.3 is 5.97 Å². The molecule has 2 aromatic rings. The predicted octanol–water partition coefficient (Wildman–Crippen LogP) is 5.30. The minimum absolute atomic E-state index is 0.0325. The number of hydrogen-bond donors (Lipinski definition) is 2. The first-order chi connectivity index (χ1) is 15.7. The van der Waals surface area contributed by atoms with Gasteiger partial charge in [0.1, 0.15) is 11.8 Å². The van der Waals surface area contributed by atoms with Crippen LogP contribution >= 0.6 is 11.6 Å². The number of hydrogen-bond acceptors (Lipinski definition) is 5. The van der Waals surface area contributed by atoms with Crippen LogP contribution in [-0.4, -0.2) is 25.6 Å². The van der Waals surface area contributed by atoms with E-state index in [9.17, 15) is 23.6 Å². The molecular weight excluding hydrogens is 464 g/mol. The number of anilines is 1. The lowest BCUT2D eigenvalue weighted by atomic mass is 9.55. The number of nitriles is 1. The van der Waals surface area contributed by atoms with Gasteiger partial charge in [-0.05, 0) is 73.6 Å². The molecule has 0 radical (unpaired) electrons. The molecule has 3 aliphatic carbocycles.